The predicted octanol–water partition coefficient (Wildman–Crippen LogP) is 3.41. The minimum atomic E-state index is -0.895. The summed E-state index contributed by atoms with van der Waals surface area (Å²) >= 11 is 1.67. The Bertz CT molecular complexity index is 535. The van der Waals surface area contributed by atoms with E-state index in [4.69, 9.17) is 5.11 Å². The first-order valence-electron chi connectivity index (χ1n) is 5.75. The lowest BCUT2D eigenvalue weighted by Crippen LogP contribution is -2.09. The van der Waals surface area contributed by atoms with Gasteiger partial charge in [0.1, 0.15) is 0 Å². The van der Waals surface area contributed by atoms with Crippen LogP contribution in [0.1, 0.15) is 21.5 Å². The largest absolute Gasteiger partial charge is 0.478 e. The Balaban J connectivity index is 2.03. The lowest BCUT2D eigenvalue weighted by molar-refractivity contribution is 0.0698. The Morgan fingerprint density at radius 2 is 2.22 bits per heavy atom. The van der Waals surface area contributed by atoms with Crippen molar-refractivity contribution in [2.45, 2.75) is 13.3 Å². The maximum absolute atomic E-state index is 11.1. The van der Waals surface area contributed by atoms with E-state index in [0.717, 1.165) is 18.5 Å². The summed E-state index contributed by atoms with van der Waals surface area (Å²) in [5.74, 6) is -0.895. The van der Waals surface area contributed by atoms with E-state index in [1.165, 1.54) is 5.56 Å². The molecule has 0 atom stereocenters. The molecule has 3 nitrogen and oxygen atoms in total. The molecule has 0 fully saturated rings. The van der Waals surface area contributed by atoms with Crippen molar-refractivity contribution in [3.05, 3.63) is 51.7 Å². The standard InChI is InChI=1S/C14H15NO2S/c1-10-2-3-12(14(16)17)13(8-10)15-6-4-11-5-7-18-9-11/h2-3,5,7-9,15H,4,6H2,1H3,(H,16,17). The van der Waals surface area contributed by atoms with Crippen LogP contribution in [0.5, 0.6) is 0 Å². The number of rotatable bonds is 5. The van der Waals surface area contributed by atoms with Gasteiger partial charge in [-0.05, 0) is 53.4 Å². The van der Waals surface area contributed by atoms with Crippen LogP contribution in [0.3, 0.4) is 0 Å². The van der Waals surface area contributed by atoms with Crippen molar-refractivity contribution in [3.63, 3.8) is 0 Å². The van der Waals surface area contributed by atoms with Gasteiger partial charge in [0, 0.05) is 12.2 Å². The third-order valence-corrected chi connectivity index (χ3v) is 3.45. The van der Waals surface area contributed by atoms with Gasteiger partial charge in [0.05, 0.1) is 5.56 Å². The van der Waals surface area contributed by atoms with E-state index in [2.05, 4.69) is 16.8 Å². The molecule has 2 aromatic rings. The molecule has 2 N–H and O–H groups in total. The molecule has 0 saturated heterocycles. The molecule has 1 aromatic carbocycles. The predicted molar refractivity (Wildman–Crippen MR) is 74.7 cm³/mol. The second-order valence-corrected chi connectivity index (χ2v) is 4.94. The van der Waals surface area contributed by atoms with Gasteiger partial charge in [-0.15, -0.1) is 0 Å². The van der Waals surface area contributed by atoms with Crippen molar-refractivity contribution in [1.29, 1.82) is 0 Å². The van der Waals surface area contributed by atoms with Crippen LogP contribution in [0.4, 0.5) is 5.69 Å². The number of carboxylic acids is 1. The Morgan fingerprint density at radius 3 is 2.89 bits per heavy atom. The first-order valence-corrected chi connectivity index (χ1v) is 6.70. The number of aryl methyl sites for hydroxylation is 1. The van der Waals surface area contributed by atoms with E-state index < -0.39 is 5.97 Å². The van der Waals surface area contributed by atoms with Crippen molar-refractivity contribution >= 4 is 23.0 Å². The fourth-order valence-electron chi connectivity index (χ4n) is 1.77. The molecule has 2 rings (SSSR count). The van der Waals surface area contributed by atoms with E-state index in [0.29, 0.717) is 11.3 Å². The number of hydrogen-bond donors (Lipinski definition) is 2. The molecule has 1 aromatic heterocycles. The Hall–Kier alpha value is -1.81. The molecule has 0 aliphatic carbocycles. The van der Waals surface area contributed by atoms with Gasteiger partial charge in [0.25, 0.3) is 0 Å². The highest BCUT2D eigenvalue weighted by molar-refractivity contribution is 7.07. The second kappa shape index (κ2) is 5.69. The normalized spacial score (nSPS) is 10.3. The Kier molecular flexibility index (Phi) is 3.99. The average Bonchev–Trinajstić information content (AvgIpc) is 2.82. The van der Waals surface area contributed by atoms with Gasteiger partial charge < -0.3 is 10.4 Å². The zero-order valence-corrected chi connectivity index (χ0v) is 11.0. The maximum Gasteiger partial charge on any atom is 0.337 e. The van der Waals surface area contributed by atoms with Gasteiger partial charge >= 0.3 is 5.97 Å². The van der Waals surface area contributed by atoms with E-state index in [9.17, 15) is 4.79 Å². The third-order valence-electron chi connectivity index (χ3n) is 2.71. The molecule has 94 valence electrons. The summed E-state index contributed by atoms with van der Waals surface area (Å²) in [4.78, 5) is 11.1. The first kappa shape index (κ1) is 12.6. The molecular weight excluding hydrogens is 246 g/mol. The number of benzene rings is 1. The van der Waals surface area contributed by atoms with E-state index in [1.54, 1.807) is 17.4 Å². The number of nitrogens with one attached hydrogen (secondary N) is 1. The highest BCUT2D eigenvalue weighted by atomic mass is 32.1. The number of hydrogen-bond acceptors (Lipinski definition) is 3. The zero-order valence-electron chi connectivity index (χ0n) is 10.1. The quantitative estimate of drug-likeness (QED) is 0.867. The van der Waals surface area contributed by atoms with E-state index >= 15 is 0 Å². The summed E-state index contributed by atoms with van der Waals surface area (Å²) in [5.41, 5.74) is 3.35. The van der Waals surface area contributed by atoms with Crippen LogP contribution >= 0.6 is 11.3 Å². The minimum Gasteiger partial charge on any atom is -0.478 e. The summed E-state index contributed by atoms with van der Waals surface area (Å²) in [5, 5.41) is 16.5. The SMILES string of the molecule is Cc1ccc(C(=O)O)c(NCCc2ccsc2)c1. The molecule has 0 unspecified atom stereocenters. The zero-order chi connectivity index (χ0) is 13.0. The van der Waals surface area contributed by atoms with Crippen molar-refractivity contribution in [1.82, 2.24) is 0 Å². The van der Waals surface area contributed by atoms with Crippen molar-refractivity contribution in [2.24, 2.45) is 0 Å². The molecule has 0 radical (unpaired) electrons. The summed E-state index contributed by atoms with van der Waals surface area (Å²) < 4.78 is 0. The third kappa shape index (κ3) is 3.11. The fraction of sp³-hybridized carbons (Fsp3) is 0.214. The average molecular weight is 261 g/mol. The van der Waals surface area contributed by atoms with Gasteiger partial charge in [-0.3, -0.25) is 0 Å². The summed E-state index contributed by atoms with van der Waals surface area (Å²) in [6.45, 7) is 2.69. The van der Waals surface area contributed by atoms with Crippen LogP contribution in [0, 0.1) is 6.92 Å². The highest BCUT2D eigenvalue weighted by Gasteiger charge is 2.09. The summed E-state index contributed by atoms with van der Waals surface area (Å²) in [6.07, 6.45) is 0.899. The minimum absolute atomic E-state index is 0.325. The summed E-state index contributed by atoms with van der Waals surface area (Å²) in [7, 11) is 0. The monoisotopic (exact) mass is 261 g/mol. The lowest BCUT2D eigenvalue weighted by Gasteiger charge is -2.10. The van der Waals surface area contributed by atoms with Gasteiger partial charge in [0.15, 0.2) is 0 Å². The Labute approximate surface area is 110 Å². The number of anilines is 1. The summed E-state index contributed by atoms with van der Waals surface area (Å²) in [6, 6.07) is 7.41. The number of carbonyl (C=O) groups is 1. The van der Waals surface area contributed by atoms with Crippen molar-refractivity contribution in [3.8, 4) is 0 Å². The molecule has 0 spiro atoms. The topological polar surface area (TPSA) is 49.3 Å². The van der Waals surface area contributed by atoms with Crippen LogP contribution < -0.4 is 5.32 Å². The molecule has 0 amide bonds. The Morgan fingerprint density at radius 1 is 1.39 bits per heavy atom. The molecule has 0 saturated carbocycles. The van der Waals surface area contributed by atoms with Crippen LogP contribution in [0.2, 0.25) is 0 Å². The molecular formula is C14H15NO2S. The van der Waals surface area contributed by atoms with Crippen LogP contribution in [0.25, 0.3) is 0 Å². The number of carboxylic acid groups (broad SMARTS) is 1. The lowest BCUT2D eigenvalue weighted by atomic mass is 10.1. The van der Waals surface area contributed by atoms with Gasteiger partial charge in [0.2, 0.25) is 0 Å². The van der Waals surface area contributed by atoms with Crippen LogP contribution in [-0.2, 0) is 6.42 Å². The number of aromatic carboxylic acids is 1. The fourth-order valence-corrected chi connectivity index (χ4v) is 2.47. The maximum atomic E-state index is 11.1. The van der Waals surface area contributed by atoms with Gasteiger partial charge in [-0.1, -0.05) is 6.07 Å². The van der Waals surface area contributed by atoms with Gasteiger partial charge in [-0.25, -0.2) is 4.79 Å². The van der Waals surface area contributed by atoms with Crippen molar-refractivity contribution < 1.29 is 9.90 Å². The smallest absolute Gasteiger partial charge is 0.337 e. The van der Waals surface area contributed by atoms with Gasteiger partial charge in [-0.2, -0.15) is 11.3 Å². The first-order chi connectivity index (χ1) is 8.66. The second-order valence-electron chi connectivity index (χ2n) is 4.16. The van der Waals surface area contributed by atoms with Crippen LogP contribution in [0.15, 0.2) is 35.0 Å². The van der Waals surface area contributed by atoms with E-state index in [1.807, 2.05) is 24.4 Å². The molecule has 0 aliphatic rings. The van der Waals surface area contributed by atoms with Crippen LogP contribution in [-0.4, -0.2) is 17.6 Å². The molecule has 18 heavy (non-hydrogen) atoms. The molecule has 0 aliphatic heterocycles. The molecule has 4 heteroatoms. The molecule has 1 heterocycles. The van der Waals surface area contributed by atoms with Crippen molar-refractivity contribution in [2.75, 3.05) is 11.9 Å². The number of thiophene rings is 1. The molecule has 0 bridgehead atoms. The highest BCUT2D eigenvalue weighted by Crippen LogP contribution is 2.18. The van der Waals surface area contributed by atoms with E-state index in [-0.39, 0.29) is 0 Å².